The van der Waals surface area contributed by atoms with E-state index in [0.717, 1.165) is 22.7 Å². The maximum absolute atomic E-state index is 12.1. The molecular weight excluding hydrogens is 284 g/mol. The molecular formula is C17H17ClN2O. The zero-order valence-corrected chi connectivity index (χ0v) is 12.6. The molecule has 3 rings (SSSR count). The lowest BCUT2D eigenvalue weighted by Gasteiger charge is -2.05. The number of amides is 1. The molecule has 2 atom stereocenters. The zero-order chi connectivity index (χ0) is 14.8. The van der Waals surface area contributed by atoms with Crippen LogP contribution in [-0.2, 0) is 11.3 Å². The van der Waals surface area contributed by atoms with Gasteiger partial charge in [-0.1, -0.05) is 29.8 Å². The Labute approximate surface area is 129 Å². The summed E-state index contributed by atoms with van der Waals surface area (Å²) in [6.07, 6.45) is 2.72. The number of aryl methyl sites for hydroxylation is 1. The number of carbonyl (C=O) groups is 1. The maximum atomic E-state index is 12.1. The Hall–Kier alpha value is -1.87. The molecule has 1 aliphatic carbocycles. The Bertz CT molecular complexity index is 637. The summed E-state index contributed by atoms with van der Waals surface area (Å²) in [5, 5.41) is 3.72. The van der Waals surface area contributed by atoms with Crippen molar-refractivity contribution in [3.05, 3.63) is 64.4 Å². The molecule has 1 N–H and O–H groups in total. The Morgan fingerprint density at radius 3 is 2.71 bits per heavy atom. The second kappa shape index (κ2) is 5.86. The molecule has 3 nitrogen and oxygen atoms in total. The lowest BCUT2D eigenvalue weighted by molar-refractivity contribution is -0.122. The topological polar surface area (TPSA) is 42.0 Å². The van der Waals surface area contributed by atoms with E-state index in [0.29, 0.717) is 12.5 Å². The van der Waals surface area contributed by atoms with Gasteiger partial charge in [-0.3, -0.25) is 9.78 Å². The number of carbonyl (C=O) groups excluding carboxylic acids is 1. The standard InChI is InChI=1S/C17H17ClN2O/c1-11-2-3-12(9-19-11)10-20-17(21)16-8-15(16)13-4-6-14(18)7-5-13/h2-7,9,15-16H,8,10H2,1H3,(H,20,21)/t15-,16-/m0/s1. The van der Waals surface area contributed by atoms with Crippen LogP contribution in [0.1, 0.15) is 29.2 Å². The molecule has 21 heavy (non-hydrogen) atoms. The van der Waals surface area contributed by atoms with E-state index in [1.165, 1.54) is 5.56 Å². The molecule has 1 aliphatic rings. The predicted octanol–water partition coefficient (Wildman–Crippen LogP) is 3.46. The van der Waals surface area contributed by atoms with Gasteiger partial charge in [0.25, 0.3) is 0 Å². The zero-order valence-electron chi connectivity index (χ0n) is 11.8. The highest BCUT2D eigenvalue weighted by Gasteiger charge is 2.43. The van der Waals surface area contributed by atoms with E-state index in [1.807, 2.05) is 43.3 Å². The summed E-state index contributed by atoms with van der Waals surface area (Å²) in [6.45, 7) is 2.49. The van der Waals surface area contributed by atoms with Crippen LogP contribution in [0.3, 0.4) is 0 Å². The van der Waals surface area contributed by atoms with Crippen LogP contribution in [-0.4, -0.2) is 10.9 Å². The number of nitrogens with zero attached hydrogens (tertiary/aromatic N) is 1. The second-order valence-corrected chi connectivity index (χ2v) is 5.96. The van der Waals surface area contributed by atoms with Crippen LogP contribution >= 0.6 is 11.6 Å². The lowest BCUT2D eigenvalue weighted by atomic mass is 10.1. The van der Waals surface area contributed by atoms with Crippen molar-refractivity contribution in [1.29, 1.82) is 0 Å². The first-order chi connectivity index (χ1) is 10.1. The molecule has 0 saturated heterocycles. The smallest absolute Gasteiger partial charge is 0.224 e. The normalized spacial score (nSPS) is 20.1. The van der Waals surface area contributed by atoms with Gasteiger partial charge < -0.3 is 5.32 Å². The second-order valence-electron chi connectivity index (χ2n) is 5.53. The number of benzene rings is 1. The van der Waals surface area contributed by atoms with Gasteiger partial charge in [0.05, 0.1) is 0 Å². The van der Waals surface area contributed by atoms with Crippen molar-refractivity contribution >= 4 is 17.5 Å². The fourth-order valence-corrected chi connectivity index (χ4v) is 2.61. The van der Waals surface area contributed by atoms with E-state index in [4.69, 9.17) is 11.6 Å². The maximum Gasteiger partial charge on any atom is 0.224 e. The Kier molecular flexibility index (Phi) is 3.93. The van der Waals surface area contributed by atoms with E-state index in [9.17, 15) is 4.79 Å². The molecule has 108 valence electrons. The Morgan fingerprint density at radius 1 is 1.29 bits per heavy atom. The van der Waals surface area contributed by atoms with E-state index in [2.05, 4.69) is 10.3 Å². The average Bonchev–Trinajstić information content (AvgIpc) is 3.28. The summed E-state index contributed by atoms with van der Waals surface area (Å²) < 4.78 is 0. The Morgan fingerprint density at radius 2 is 2.05 bits per heavy atom. The monoisotopic (exact) mass is 300 g/mol. The first-order valence-corrected chi connectivity index (χ1v) is 7.46. The average molecular weight is 301 g/mol. The number of rotatable bonds is 4. The number of hydrogen-bond donors (Lipinski definition) is 1. The van der Waals surface area contributed by atoms with Gasteiger partial charge in [0.15, 0.2) is 0 Å². The third-order valence-electron chi connectivity index (χ3n) is 3.86. The molecule has 1 aromatic carbocycles. The quantitative estimate of drug-likeness (QED) is 0.939. The summed E-state index contributed by atoms with van der Waals surface area (Å²) in [7, 11) is 0. The van der Waals surface area contributed by atoms with Crippen LogP contribution in [0.2, 0.25) is 5.02 Å². The van der Waals surface area contributed by atoms with Gasteiger partial charge in [0.2, 0.25) is 5.91 Å². The molecule has 4 heteroatoms. The summed E-state index contributed by atoms with van der Waals surface area (Å²) in [4.78, 5) is 16.4. The van der Waals surface area contributed by atoms with Crippen molar-refractivity contribution in [3.63, 3.8) is 0 Å². The molecule has 0 radical (unpaired) electrons. The molecule has 1 aromatic heterocycles. The van der Waals surface area contributed by atoms with Gasteiger partial charge in [-0.2, -0.15) is 0 Å². The molecule has 2 aromatic rings. The van der Waals surface area contributed by atoms with Gasteiger partial charge in [-0.15, -0.1) is 0 Å². The van der Waals surface area contributed by atoms with E-state index in [-0.39, 0.29) is 11.8 Å². The summed E-state index contributed by atoms with van der Waals surface area (Å²) in [5.74, 6) is 0.540. The van der Waals surface area contributed by atoms with Crippen molar-refractivity contribution in [2.75, 3.05) is 0 Å². The van der Waals surface area contributed by atoms with Gasteiger partial charge in [-0.05, 0) is 48.6 Å². The van der Waals surface area contributed by atoms with Crippen molar-refractivity contribution in [1.82, 2.24) is 10.3 Å². The van der Waals surface area contributed by atoms with Gasteiger partial charge >= 0.3 is 0 Å². The summed E-state index contributed by atoms with van der Waals surface area (Å²) in [6, 6.07) is 11.7. The number of hydrogen-bond acceptors (Lipinski definition) is 2. The van der Waals surface area contributed by atoms with Gasteiger partial charge in [0, 0.05) is 29.4 Å². The van der Waals surface area contributed by atoms with Crippen molar-refractivity contribution in [3.8, 4) is 0 Å². The van der Waals surface area contributed by atoms with Gasteiger partial charge in [-0.25, -0.2) is 0 Å². The first-order valence-electron chi connectivity index (χ1n) is 7.08. The summed E-state index contributed by atoms with van der Waals surface area (Å²) in [5.41, 5.74) is 3.20. The molecule has 1 fully saturated rings. The fraction of sp³-hybridized carbons (Fsp3) is 0.294. The number of nitrogens with one attached hydrogen (secondary N) is 1. The number of pyridine rings is 1. The minimum absolute atomic E-state index is 0.0876. The van der Waals surface area contributed by atoms with Crippen LogP contribution < -0.4 is 5.32 Å². The first kappa shape index (κ1) is 14.1. The minimum atomic E-state index is 0.0876. The van der Waals surface area contributed by atoms with E-state index in [1.54, 1.807) is 6.20 Å². The van der Waals surface area contributed by atoms with Crippen LogP contribution in [0.15, 0.2) is 42.6 Å². The largest absolute Gasteiger partial charge is 0.352 e. The third kappa shape index (κ3) is 3.42. The van der Waals surface area contributed by atoms with E-state index >= 15 is 0 Å². The SMILES string of the molecule is Cc1ccc(CNC(=O)[C@H]2C[C@H]2c2ccc(Cl)cc2)cn1. The summed E-state index contributed by atoms with van der Waals surface area (Å²) >= 11 is 5.88. The third-order valence-corrected chi connectivity index (χ3v) is 4.12. The fourth-order valence-electron chi connectivity index (χ4n) is 2.49. The lowest BCUT2D eigenvalue weighted by Crippen LogP contribution is -2.24. The van der Waals surface area contributed by atoms with Crippen molar-refractivity contribution in [2.45, 2.75) is 25.8 Å². The Balaban J connectivity index is 1.53. The molecule has 1 saturated carbocycles. The molecule has 0 spiro atoms. The van der Waals surface area contributed by atoms with Crippen molar-refractivity contribution < 1.29 is 4.79 Å². The molecule has 1 amide bonds. The van der Waals surface area contributed by atoms with Crippen LogP contribution in [0.4, 0.5) is 0 Å². The highest BCUT2D eigenvalue weighted by molar-refractivity contribution is 6.30. The molecule has 1 heterocycles. The highest BCUT2D eigenvalue weighted by Crippen LogP contribution is 2.47. The minimum Gasteiger partial charge on any atom is -0.352 e. The molecule has 0 aliphatic heterocycles. The highest BCUT2D eigenvalue weighted by atomic mass is 35.5. The number of aromatic nitrogens is 1. The van der Waals surface area contributed by atoms with Gasteiger partial charge in [0.1, 0.15) is 0 Å². The van der Waals surface area contributed by atoms with Crippen LogP contribution in [0, 0.1) is 12.8 Å². The molecule has 0 unspecified atom stereocenters. The van der Waals surface area contributed by atoms with Crippen LogP contribution in [0.25, 0.3) is 0 Å². The predicted molar refractivity (Wildman–Crippen MR) is 83.1 cm³/mol. The molecule has 0 bridgehead atoms. The van der Waals surface area contributed by atoms with Crippen molar-refractivity contribution in [2.24, 2.45) is 5.92 Å². The van der Waals surface area contributed by atoms with E-state index < -0.39 is 0 Å². The number of halogens is 1. The van der Waals surface area contributed by atoms with Crippen LogP contribution in [0.5, 0.6) is 0 Å².